The molecule has 0 aliphatic carbocycles. The van der Waals surface area contributed by atoms with Crippen LogP contribution in [0.5, 0.6) is 0 Å². The Morgan fingerprint density at radius 1 is 1.45 bits per heavy atom. The van der Waals surface area contributed by atoms with Gasteiger partial charge in [-0.3, -0.25) is 4.98 Å². The maximum atomic E-state index is 5.62. The Labute approximate surface area is 72.4 Å². The fourth-order valence-corrected chi connectivity index (χ4v) is 1.10. The molecule has 2 heteroatoms. The molecule has 1 aromatic heterocycles. The number of nitrogens with zero attached hydrogens (tertiary/aromatic N) is 1. The minimum absolute atomic E-state index is 0.555. The molecule has 0 unspecified atom stereocenters. The first-order valence-corrected chi connectivity index (χ1v) is 4.40. The van der Waals surface area contributed by atoms with Crippen molar-refractivity contribution in [1.29, 1.82) is 0 Å². The molecule has 0 N–H and O–H groups in total. The van der Waals surface area contributed by atoms with Crippen molar-refractivity contribution in [2.75, 3.05) is 0 Å². The van der Waals surface area contributed by atoms with Crippen LogP contribution in [0.15, 0.2) is 18.3 Å². The fourth-order valence-electron chi connectivity index (χ4n) is 0.938. The third-order valence-corrected chi connectivity index (χ3v) is 1.86. The largest absolute Gasteiger partial charge is 0.261 e. The van der Waals surface area contributed by atoms with Crippen molar-refractivity contribution in [2.24, 2.45) is 0 Å². The Morgan fingerprint density at radius 3 is 2.73 bits per heavy atom. The number of aryl methyl sites for hydroxylation is 1. The third kappa shape index (κ3) is 2.51. The molecule has 0 radical (unpaired) electrons. The van der Waals surface area contributed by atoms with Crippen molar-refractivity contribution in [2.45, 2.75) is 25.6 Å². The molecule has 1 rings (SSSR count). The van der Waals surface area contributed by atoms with Gasteiger partial charge in [-0.05, 0) is 18.1 Å². The van der Waals surface area contributed by atoms with E-state index < -0.39 is 0 Å². The minimum atomic E-state index is 0.555. The second kappa shape index (κ2) is 4.35. The van der Waals surface area contributed by atoms with Crippen molar-refractivity contribution in [1.82, 2.24) is 4.98 Å². The summed E-state index contributed by atoms with van der Waals surface area (Å²) in [6.07, 6.45) is 4.05. The number of alkyl halides is 1. The Hall–Kier alpha value is -0.560. The lowest BCUT2D eigenvalue weighted by Crippen LogP contribution is -1.89. The predicted octanol–water partition coefficient (Wildman–Crippen LogP) is 2.77. The normalized spacial score (nSPS) is 10.0. The molecule has 1 aromatic rings. The van der Waals surface area contributed by atoms with E-state index in [1.807, 2.05) is 18.3 Å². The van der Waals surface area contributed by atoms with E-state index in [0.29, 0.717) is 5.88 Å². The molecule has 0 atom stereocenters. The zero-order chi connectivity index (χ0) is 8.10. The number of hydrogen-bond donors (Lipinski definition) is 0. The van der Waals surface area contributed by atoms with Crippen molar-refractivity contribution in [3.05, 3.63) is 29.6 Å². The Kier molecular flexibility index (Phi) is 3.37. The van der Waals surface area contributed by atoms with Gasteiger partial charge in [0, 0.05) is 17.8 Å². The molecular weight excluding hydrogens is 158 g/mol. The summed E-state index contributed by atoms with van der Waals surface area (Å²) in [6.45, 7) is 2.15. The smallest absolute Gasteiger partial charge is 0.0489 e. The number of halogens is 1. The number of hydrogen-bond acceptors (Lipinski definition) is 1. The van der Waals surface area contributed by atoms with Crippen LogP contribution in [0, 0.1) is 0 Å². The lowest BCUT2D eigenvalue weighted by atomic mass is 10.2. The Morgan fingerprint density at radius 2 is 2.27 bits per heavy atom. The van der Waals surface area contributed by atoms with Crippen LogP contribution in [0.25, 0.3) is 0 Å². The van der Waals surface area contributed by atoms with Gasteiger partial charge in [0.05, 0.1) is 0 Å². The monoisotopic (exact) mass is 169 g/mol. The summed E-state index contributed by atoms with van der Waals surface area (Å²) < 4.78 is 0. The zero-order valence-corrected chi connectivity index (χ0v) is 7.43. The molecular formula is C9H12ClN. The first-order valence-electron chi connectivity index (χ1n) is 3.86. The van der Waals surface area contributed by atoms with Gasteiger partial charge in [-0.25, -0.2) is 0 Å². The molecule has 0 spiro atoms. The summed E-state index contributed by atoms with van der Waals surface area (Å²) in [4.78, 5) is 4.25. The van der Waals surface area contributed by atoms with Gasteiger partial charge in [-0.2, -0.15) is 0 Å². The molecule has 0 amide bonds. The lowest BCUT2D eigenvalue weighted by molar-refractivity contribution is 0.880. The standard InChI is InChI=1S/C9H12ClN/c1-2-3-9-5-4-8(6-10)7-11-9/h4-5,7H,2-3,6H2,1H3. The van der Waals surface area contributed by atoms with Gasteiger partial charge < -0.3 is 0 Å². The van der Waals surface area contributed by atoms with Crippen LogP contribution in [-0.4, -0.2) is 4.98 Å². The second-order valence-electron chi connectivity index (χ2n) is 2.54. The molecule has 1 heterocycles. The molecule has 1 nitrogen and oxygen atoms in total. The summed E-state index contributed by atoms with van der Waals surface area (Å²) in [6, 6.07) is 4.08. The quantitative estimate of drug-likeness (QED) is 0.635. The molecule has 11 heavy (non-hydrogen) atoms. The van der Waals surface area contributed by atoms with Gasteiger partial charge >= 0.3 is 0 Å². The van der Waals surface area contributed by atoms with E-state index in [1.54, 1.807) is 0 Å². The summed E-state index contributed by atoms with van der Waals surface area (Å²) in [7, 11) is 0. The van der Waals surface area contributed by atoms with Gasteiger partial charge in [0.1, 0.15) is 0 Å². The molecule has 0 aliphatic heterocycles. The average Bonchev–Trinajstić information content (AvgIpc) is 2.07. The van der Waals surface area contributed by atoms with Gasteiger partial charge in [0.15, 0.2) is 0 Å². The highest BCUT2D eigenvalue weighted by Gasteiger charge is 1.92. The molecule has 60 valence electrons. The fraction of sp³-hybridized carbons (Fsp3) is 0.444. The van der Waals surface area contributed by atoms with Gasteiger partial charge in [-0.15, -0.1) is 11.6 Å². The summed E-state index contributed by atoms with van der Waals surface area (Å²) in [5.74, 6) is 0.555. The summed E-state index contributed by atoms with van der Waals surface area (Å²) in [5.41, 5.74) is 2.24. The first kappa shape index (κ1) is 8.54. The average molecular weight is 170 g/mol. The third-order valence-electron chi connectivity index (χ3n) is 1.55. The van der Waals surface area contributed by atoms with Crippen molar-refractivity contribution >= 4 is 11.6 Å². The second-order valence-corrected chi connectivity index (χ2v) is 2.81. The van der Waals surface area contributed by atoms with E-state index in [9.17, 15) is 0 Å². The van der Waals surface area contributed by atoms with Crippen LogP contribution in [-0.2, 0) is 12.3 Å². The maximum absolute atomic E-state index is 5.62. The van der Waals surface area contributed by atoms with Gasteiger partial charge in [0.25, 0.3) is 0 Å². The molecule has 0 aromatic carbocycles. The van der Waals surface area contributed by atoms with E-state index >= 15 is 0 Å². The highest BCUT2D eigenvalue weighted by Crippen LogP contribution is 2.04. The van der Waals surface area contributed by atoms with E-state index in [2.05, 4.69) is 11.9 Å². The number of aromatic nitrogens is 1. The van der Waals surface area contributed by atoms with Gasteiger partial charge in [0.2, 0.25) is 0 Å². The summed E-state index contributed by atoms with van der Waals surface area (Å²) in [5, 5.41) is 0. The highest BCUT2D eigenvalue weighted by atomic mass is 35.5. The lowest BCUT2D eigenvalue weighted by Gasteiger charge is -1.97. The molecule has 0 fully saturated rings. The van der Waals surface area contributed by atoms with Crippen LogP contribution in [0.2, 0.25) is 0 Å². The van der Waals surface area contributed by atoms with E-state index in [1.165, 1.54) is 0 Å². The predicted molar refractivity (Wildman–Crippen MR) is 47.8 cm³/mol. The van der Waals surface area contributed by atoms with Crippen LogP contribution in [0.3, 0.4) is 0 Å². The van der Waals surface area contributed by atoms with Crippen LogP contribution in [0.1, 0.15) is 24.6 Å². The SMILES string of the molecule is CCCc1ccc(CCl)cn1. The Balaban J connectivity index is 2.66. The minimum Gasteiger partial charge on any atom is -0.261 e. The first-order chi connectivity index (χ1) is 5.36. The van der Waals surface area contributed by atoms with Crippen molar-refractivity contribution < 1.29 is 0 Å². The van der Waals surface area contributed by atoms with E-state index in [-0.39, 0.29) is 0 Å². The van der Waals surface area contributed by atoms with E-state index in [4.69, 9.17) is 11.6 Å². The Bertz CT molecular complexity index is 205. The summed E-state index contributed by atoms with van der Waals surface area (Å²) >= 11 is 5.62. The zero-order valence-electron chi connectivity index (χ0n) is 6.68. The van der Waals surface area contributed by atoms with Crippen LogP contribution < -0.4 is 0 Å². The number of rotatable bonds is 3. The van der Waals surface area contributed by atoms with Crippen LogP contribution >= 0.6 is 11.6 Å². The molecule has 0 saturated carbocycles. The molecule has 0 bridgehead atoms. The van der Waals surface area contributed by atoms with Crippen molar-refractivity contribution in [3.63, 3.8) is 0 Å². The maximum Gasteiger partial charge on any atom is 0.0489 e. The van der Waals surface area contributed by atoms with Gasteiger partial charge in [-0.1, -0.05) is 19.4 Å². The number of pyridine rings is 1. The van der Waals surface area contributed by atoms with Crippen LogP contribution in [0.4, 0.5) is 0 Å². The molecule has 0 saturated heterocycles. The van der Waals surface area contributed by atoms with E-state index in [0.717, 1.165) is 24.1 Å². The highest BCUT2D eigenvalue weighted by molar-refractivity contribution is 6.17. The van der Waals surface area contributed by atoms with Crippen molar-refractivity contribution in [3.8, 4) is 0 Å². The molecule has 0 aliphatic rings. The topological polar surface area (TPSA) is 12.9 Å².